The number of nitrogens with zero attached hydrogens (tertiary/aromatic N) is 3. The average Bonchev–Trinajstić information content (AvgIpc) is 2.58. The van der Waals surface area contributed by atoms with E-state index in [1.54, 1.807) is 38.1 Å². The first-order chi connectivity index (χ1) is 11.5. The second-order valence-electron chi connectivity index (χ2n) is 6.47. The Hall–Kier alpha value is -2.69. The van der Waals surface area contributed by atoms with Crippen LogP contribution >= 0.6 is 0 Å². The van der Waals surface area contributed by atoms with E-state index in [0.29, 0.717) is 27.9 Å². The van der Waals surface area contributed by atoms with Gasteiger partial charge < -0.3 is 0 Å². The van der Waals surface area contributed by atoms with Gasteiger partial charge in [-0.25, -0.2) is 8.78 Å². The molecule has 0 fully saturated rings. The lowest BCUT2D eigenvalue weighted by atomic mass is 9.84. The molecule has 0 spiro atoms. The molecule has 0 bridgehead atoms. The van der Waals surface area contributed by atoms with Crippen molar-refractivity contribution in [3.8, 4) is 0 Å². The van der Waals surface area contributed by atoms with Crippen molar-refractivity contribution in [1.29, 1.82) is 0 Å². The van der Waals surface area contributed by atoms with Crippen molar-refractivity contribution < 1.29 is 8.78 Å². The van der Waals surface area contributed by atoms with E-state index in [4.69, 9.17) is 0 Å². The highest BCUT2D eigenvalue weighted by Crippen LogP contribution is 2.39. The number of fused-ring (bicyclic) bond motifs is 2. The molecule has 120 valence electrons. The van der Waals surface area contributed by atoms with Gasteiger partial charge in [0.15, 0.2) is 12.0 Å². The summed E-state index contributed by atoms with van der Waals surface area (Å²) < 4.78 is 28.5. The molecule has 0 saturated heterocycles. The van der Waals surface area contributed by atoms with Crippen LogP contribution in [0.25, 0.3) is 10.9 Å². The molecule has 4 rings (SSSR count). The third-order valence-electron chi connectivity index (χ3n) is 4.32. The summed E-state index contributed by atoms with van der Waals surface area (Å²) in [6.45, 7) is 3.50. The largest absolute Gasteiger partial charge is 0.273 e. The molecule has 0 aliphatic carbocycles. The first kappa shape index (κ1) is 14.9. The summed E-state index contributed by atoms with van der Waals surface area (Å²) in [5, 5.41) is 8.77. The van der Waals surface area contributed by atoms with Crippen molar-refractivity contribution in [2.45, 2.75) is 25.6 Å². The smallest absolute Gasteiger partial charge is 0.151 e. The van der Waals surface area contributed by atoms with Gasteiger partial charge >= 0.3 is 0 Å². The first-order valence-corrected chi connectivity index (χ1v) is 7.73. The lowest BCUT2D eigenvalue weighted by Crippen LogP contribution is -2.32. The van der Waals surface area contributed by atoms with Gasteiger partial charge in [0.1, 0.15) is 11.2 Å². The molecule has 2 heterocycles. The lowest BCUT2D eigenvalue weighted by molar-refractivity contribution is 0.221. The van der Waals surface area contributed by atoms with E-state index in [1.165, 1.54) is 6.07 Å². The highest BCUT2D eigenvalue weighted by molar-refractivity contribution is 6.14. The Kier molecular flexibility index (Phi) is 3.20. The molecular weight excluding hydrogens is 308 g/mol. The molecule has 24 heavy (non-hydrogen) atoms. The number of hydrogen-bond acceptors (Lipinski definition) is 3. The second-order valence-corrected chi connectivity index (χ2v) is 6.47. The number of rotatable bonds is 1. The van der Waals surface area contributed by atoms with Gasteiger partial charge in [0.25, 0.3) is 0 Å². The standard InChI is InChI=1S/C19H15F2N3/c1-19(2)18(21)13-8-4-3-7-12(13)17(22-19)15-10-11-6-5-9-14(20)16(11)24-23-15/h3-10,18H,1-2H3. The quantitative estimate of drug-likeness (QED) is 0.665. The van der Waals surface area contributed by atoms with Crippen molar-refractivity contribution >= 4 is 16.6 Å². The maximum absolute atomic E-state index is 14.8. The molecule has 2 aromatic carbocycles. The fourth-order valence-electron chi connectivity index (χ4n) is 3.06. The van der Waals surface area contributed by atoms with E-state index in [0.717, 1.165) is 0 Å². The number of aliphatic imine (C=N–C) groups is 1. The normalized spacial score (nSPS) is 19.0. The molecule has 1 aromatic heterocycles. The molecular formula is C19H15F2N3. The number of benzene rings is 2. The van der Waals surface area contributed by atoms with Gasteiger partial charge in [-0.05, 0) is 31.5 Å². The van der Waals surface area contributed by atoms with E-state index in [-0.39, 0.29) is 5.52 Å². The van der Waals surface area contributed by atoms with Gasteiger partial charge in [-0.2, -0.15) is 0 Å². The minimum absolute atomic E-state index is 0.216. The third kappa shape index (κ3) is 2.19. The van der Waals surface area contributed by atoms with Crippen LogP contribution in [0.1, 0.15) is 36.8 Å². The number of halogens is 2. The molecule has 0 radical (unpaired) electrons. The Morgan fingerprint density at radius 1 is 1.00 bits per heavy atom. The molecule has 1 aliphatic rings. The van der Waals surface area contributed by atoms with Gasteiger partial charge in [-0.15, -0.1) is 10.2 Å². The van der Waals surface area contributed by atoms with Crippen molar-refractivity contribution in [3.05, 3.63) is 71.2 Å². The van der Waals surface area contributed by atoms with Crippen LogP contribution in [0.5, 0.6) is 0 Å². The molecule has 1 unspecified atom stereocenters. The van der Waals surface area contributed by atoms with E-state index >= 15 is 0 Å². The van der Waals surface area contributed by atoms with E-state index in [1.807, 2.05) is 18.2 Å². The molecule has 3 nitrogen and oxygen atoms in total. The summed E-state index contributed by atoms with van der Waals surface area (Å²) in [5.41, 5.74) is 1.71. The predicted molar refractivity (Wildman–Crippen MR) is 89.5 cm³/mol. The Morgan fingerprint density at radius 2 is 1.79 bits per heavy atom. The molecule has 5 heteroatoms. The molecule has 0 saturated carbocycles. The summed E-state index contributed by atoms with van der Waals surface area (Å²) >= 11 is 0. The molecule has 0 N–H and O–H groups in total. The first-order valence-electron chi connectivity index (χ1n) is 7.73. The number of aromatic nitrogens is 2. The van der Waals surface area contributed by atoms with Crippen LogP contribution in [-0.2, 0) is 0 Å². The maximum atomic E-state index is 14.8. The van der Waals surface area contributed by atoms with Gasteiger partial charge in [-0.3, -0.25) is 4.99 Å². The van der Waals surface area contributed by atoms with Crippen LogP contribution in [0.4, 0.5) is 8.78 Å². The summed E-state index contributed by atoms with van der Waals surface area (Å²) in [4.78, 5) is 4.58. The minimum Gasteiger partial charge on any atom is -0.273 e. The van der Waals surface area contributed by atoms with Crippen LogP contribution in [0, 0.1) is 5.82 Å². The Labute approximate surface area is 138 Å². The van der Waals surface area contributed by atoms with E-state index in [2.05, 4.69) is 15.2 Å². The van der Waals surface area contributed by atoms with Crippen LogP contribution < -0.4 is 0 Å². The lowest BCUT2D eigenvalue weighted by Gasteiger charge is -2.32. The zero-order valence-electron chi connectivity index (χ0n) is 13.3. The summed E-state index contributed by atoms with van der Waals surface area (Å²) in [6.07, 6.45) is -1.19. The SMILES string of the molecule is CC1(C)N=C(c2cc3cccc(F)c3nn2)c2ccccc2C1F. The molecule has 3 aromatic rings. The van der Waals surface area contributed by atoms with Gasteiger partial charge in [0, 0.05) is 10.9 Å². The van der Waals surface area contributed by atoms with Gasteiger partial charge in [-0.1, -0.05) is 36.4 Å². The van der Waals surface area contributed by atoms with Gasteiger partial charge in [0.2, 0.25) is 0 Å². The monoisotopic (exact) mass is 323 g/mol. The zero-order chi connectivity index (χ0) is 16.9. The second kappa shape index (κ2) is 5.16. The van der Waals surface area contributed by atoms with Crippen LogP contribution in [-0.4, -0.2) is 21.4 Å². The van der Waals surface area contributed by atoms with E-state index < -0.39 is 17.5 Å². The van der Waals surface area contributed by atoms with Crippen molar-refractivity contribution in [3.63, 3.8) is 0 Å². The van der Waals surface area contributed by atoms with E-state index in [9.17, 15) is 8.78 Å². The van der Waals surface area contributed by atoms with Gasteiger partial charge in [0.05, 0.1) is 11.3 Å². The van der Waals surface area contributed by atoms with Crippen molar-refractivity contribution in [1.82, 2.24) is 10.2 Å². The molecule has 1 atom stereocenters. The Bertz CT molecular complexity index is 979. The van der Waals surface area contributed by atoms with Crippen molar-refractivity contribution in [2.24, 2.45) is 4.99 Å². The summed E-state index contributed by atoms with van der Waals surface area (Å²) in [5.74, 6) is -0.415. The Morgan fingerprint density at radius 3 is 2.62 bits per heavy atom. The number of alkyl halides is 1. The third-order valence-corrected chi connectivity index (χ3v) is 4.32. The topological polar surface area (TPSA) is 38.1 Å². The highest BCUT2D eigenvalue weighted by Gasteiger charge is 2.37. The minimum atomic E-state index is -1.19. The van der Waals surface area contributed by atoms with Crippen LogP contribution in [0.3, 0.4) is 0 Å². The zero-order valence-corrected chi connectivity index (χ0v) is 13.3. The maximum Gasteiger partial charge on any atom is 0.151 e. The highest BCUT2D eigenvalue weighted by atomic mass is 19.1. The van der Waals surface area contributed by atoms with Crippen molar-refractivity contribution in [2.75, 3.05) is 0 Å². The molecule has 1 aliphatic heterocycles. The fourth-order valence-corrected chi connectivity index (χ4v) is 3.06. The fraction of sp³-hybridized carbons (Fsp3) is 0.211. The predicted octanol–water partition coefficient (Wildman–Crippen LogP) is 4.41. The summed E-state index contributed by atoms with van der Waals surface area (Å²) in [7, 11) is 0. The van der Waals surface area contributed by atoms with Crippen LogP contribution in [0.2, 0.25) is 0 Å². The molecule has 0 amide bonds. The average molecular weight is 323 g/mol. The summed E-state index contributed by atoms with van der Waals surface area (Å²) in [6, 6.07) is 13.7. The Balaban J connectivity index is 1.95. The van der Waals surface area contributed by atoms with Crippen LogP contribution in [0.15, 0.2) is 53.5 Å². The number of hydrogen-bond donors (Lipinski definition) is 0.